The highest BCUT2D eigenvalue weighted by Crippen LogP contribution is 2.33. The van der Waals surface area contributed by atoms with Gasteiger partial charge in [-0.15, -0.1) is 0 Å². The van der Waals surface area contributed by atoms with Gasteiger partial charge in [-0.1, -0.05) is 48.5 Å². The number of halogens is 1. The summed E-state index contributed by atoms with van der Waals surface area (Å²) in [5, 5.41) is 0.659. The summed E-state index contributed by atoms with van der Waals surface area (Å²) in [6, 6.07) is 16.6. The number of carbonyl (C=O) groups is 1. The van der Waals surface area contributed by atoms with Crippen molar-refractivity contribution in [3.63, 3.8) is 0 Å². The number of aromatic nitrogens is 1. The number of amides is 1. The Labute approximate surface area is 138 Å². The molecule has 0 aliphatic carbocycles. The monoisotopic (exact) mass is 348 g/mol. The van der Waals surface area contributed by atoms with E-state index in [9.17, 15) is 13.2 Å². The predicted molar refractivity (Wildman–Crippen MR) is 90.6 cm³/mol. The van der Waals surface area contributed by atoms with E-state index in [4.69, 9.17) is 10.7 Å². The van der Waals surface area contributed by atoms with Gasteiger partial charge in [0.1, 0.15) is 0 Å². The lowest BCUT2D eigenvalue weighted by Crippen LogP contribution is -2.27. The Morgan fingerprint density at radius 3 is 2.30 bits per heavy atom. The first-order chi connectivity index (χ1) is 10.9. The van der Waals surface area contributed by atoms with Crippen LogP contribution in [-0.2, 0) is 16.3 Å². The number of carbonyl (C=O) groups excluding carboxylic acids is 1. The summed E-state index contributed by atoms with van der Waals surface area (Å²) in [6.07, 6.45) is 0. The minimum absolute atomic E-state index is 0.276. The molecule has 1 aromatic heterocycles. The quantitative estimate of drug-likeness (QED) is 0.740. The van der Waals surface area contributed by atoms with Gasteiger partial charge >= 0.3 is 9.24 Å². The molecular formula is C16H13ClN2O3S. The zero-order valence-corrected chi connectivity index (χ0v) is 13.7. The fraction of sp³-hybridized carbons (Fsp3) is 0.0625. The van der Waals surface area contributed by atoms with E-state index in [1.807, 2.05) is 58.8 Å². The minimum Gasteiger partial charge on any atom is -0.343 e. The summed E-state index contributed by atoms with van der Waals surface area (Å²) in [5.74, 6) is -0.754. The molecule has 3 aromatic rings. The Balaban J connectivity index is 2.32. The van der Waals surface area contributed by atoms with Crippen LogP contribution in [0, 0.1) is 0 Å². The van der Waals surface area contributed by atoms with Crippen molar-refractivity contribution in [1.82, 2.24) is 9.29 Å². The van der Waals surface area contributed by atoms with Gasteiger partial charge < -0.3 is 4.57 Å². The number of hydrogen-bond donors (Lipinski definition) is 1. The van der Waals surface area contributed by atoms with Gasteiger partial charge in [-0.3, -0.25) is 4.79 Å². The topological polar surface area (TPSA) is 68.2 Å². The van der Waals surface area contributed by atoms with E-state index in [-0.39, 0.29) is 5.56 Å². The van der Waals surface area contributed by atoms with Gasteiger partial charge in [-0.25, -0.2) is 4.72 Å². The van der Waals surface area contributed by atoms with Crippen LogP contribution in [0.1, 0.15) is 10.4 Å². The first-order valence-corrected chi connectivity index (χ1v) is 9.09. The first kappa shape index (κ1) is 15.6. The van der Waals surface area contributed by atoms with Crippen LogP contribution in [0.2, 0.25) is 0 Å². The largest absolute Gasteiger partial charge is 0.343 e. The second kappa shape index (κ2) is 5.72. The van der Waals surface area contributed by atoms with Gasteiger partial charge in [-0.2, -0.15) is 8.42 Å². The molecular weight excluding hydrogens is 336 g/mol. The molecule has 0 fully saturated rings. The van der Waals surface area contributed by atoms with Crippen LogP contribution in [0.4, 0.5) is 0 Å². The Kier molecular flexibility index (Phi) is 3.87. The number of nitrogens with zero attached hydrogens (tertiary/aromatic N) is 1. The molecule has 0 atom stereocenters. The molecule has 1 N–H and O–H groups in total. The molecule has 1 amide bonds. The fourth-order valence-electron chi connectivity index (χ4n) is 2.72. The van der Waals surface area contributed by atoms with Gasteiger partial charge in [0.05, 0.1) is 11.3 Å². The molecule has 2 aromatic carbocycles. The molecule has 1 heterocycles. The number of rotatable bonds is 3. The summed E-state index contributed by atoms with van der Waals surface area (Å²) in [6.45, 7) is 0. The van der Waals surface area contributed by atoms with Crippen LogP contribution in [0.3, 0.4) is 0 Å². The highest BCUT2D eigenvalue weighted by atomic mass is 35.7. The summed E-state index contributed by atoms with van der Waals surface area (Å²) in [5.41, 5.74) is 2.54. The van der Waals surface area contributed by atoms with Crippen LogP contribution >= 0.6 is 10.7 Å². The first-order valence-electron chi connectivity index (χ1n) is 6.78. The van der Waals surface area contributed by atoms with E-state index in [0.717, 1.165) is 11.1 Å². The van der Waals surface area contributed by atoms with E-state index in [2.05, 4.69) is 0 Å². The molecule has 3 rings (SSSR count). The number of aryl methyl sites for hydroxylation is 1. The molecule has 0 unspecified atom stereocenters. The van der Waals surface area contributed by atoms with E-state index < -0.39 is 15.1 Å². The number of nitrogens with one attached hydrogen (secondary N) is 1. The molecule has 5 nitrogen and oxygen atoms in total. The number of fused-ring (bicyclic) bond motifs is 1. The van der Waals surface area contributed by atoms with Crippen LogP contribution in [0.5, 0.6) is 0 Å². The van der Waals surface area contributed by atoms with Crippen molar-refractivity contribution in [3.8, 4) is 11.3 Å². The average molecular weight is 349 g/mol. The molecule has 7 heteroatoms. The third-order valence-electron chi connectivity index (χ3n) is 3.60. The number of para-hydroxylation sites is 1. The van der Waals surface area contributed by atoms with Crippen molar-refractivity contribution in [2.75, 3.05) is 0 Å². The third kappa shape index (κ3) is 2.95. The summed E-state index contributed by atoms with van der Waals surface area (Å²) >= 11 is 0. The van der Waals surface area contributed by atoms with Crippen LogP contribution in [0.25, 0.3) is 22.2 Å². The summed E-state index contributed by atoms with van der Waals surface area (Å²) in [7, 11) is 2.83. The molecule has 0 saturated heterocycles. The molecule has 118 valence electrons. The van der Waals surface area contributed by atoms with Crippen molar-refractivity contribution >= 4 is 36.7 Å². The van der Waals surface area contributed by atoms with E-state index in [0.29, 0.717) is 11.1 Å². The summed E-state index contributed by atoms with van der Waals surface area (Å²) in [4.78, 5) is 12.5. The van der Waals surface area contributed by atoms with Gasteiger partial charge in [0.2, 0.25) is 0 Å². The maximum absolute atomic E-state index is 12.5. The fourth-order valence-corrected chi connectivity index (χ4v) is 3.25. The maximum atomic E-state index is 12.5. The van der Waals surface area contributed by atoms with E-state index in [1.54, 1.807) is 12.1 Å². The smallest absolute Gasteiger partial charge is 0.321 e. The average Bonchev–Trinajstić information content (AvgIpc) is 2.80. The van der Waals surface area contributed by atoms with Crippen molar-refractivity contribution in [3.05, 3.63) is 60.2 Å². The molecule has 0 saturated carbocycles. The SMILES string of the molecule is Cn1c(-c2ccccc2)c(C(=O)NS(=O)(=O)Cl)c2ccccc21. The standard InChI is InChI=1S/C16H13ClN2O3S/c1-19-13-10-6-5-9-12(13)14(16(20)18-23(17,21)22)15(19)11-7-3-2-4-8-11/h2-10H,1H3,(H,18,20). The molecule has 0 radical (unpaired) electrons. The Bertz CT molecular complexity index is 995. The minimum atomic E-state index is -4.17. The van der Waals surface area contributed by atoms with Crippen molar-refractivity contribution in [2.45, 2.75) is 0 Å². The second-order valence-corrected chi connectivity index (χ2v) is 7.33. The Hall–Kier alpha value is -2.31. The third-order valence-corrected chi connectivity index (χ3v) is 4.26. The maximum Gasteiger partial charge on any atom is 0.321 e. The highest BCUT2D eigenvalue weighted by Gasteiger charge is 2.24. The van der Waals surface area contributed by atoms with Gasteiger partial charge in [0.15, 0.2) is 0 Å². The van der Waals surface area contributed by atoms with Crippen molar-refractivity contribution in [1.29, 1.82) is 0 Å². The molecule has 23 heavy (non-hydrogen) atoms. The second-order valence-electron chi connectivity index (χ2n) is 5.03. The van der Waals surface area contributed by atoms with Gasteiger partial charge in [0.25, 0.3) is 5.91 Å². The Morgan fingerprint density at radius 1 is 1.04 bits per heavy atom. The van der Waals surface area contributed by atoms with Crippen LogP contribution < -0.4 is 4.72 Å². The molecule has 0 aliphatic rings. The summed E-state index contributed by atoms with van der Waals surface area (Å²) < 4.78 is 26.2. The van der Waals surface area contributed by atoms with E-state index in [1.165, 1.54) is 0 Å². The molecule has 0 bridgehead atoms. The van der Waals surface area contributed by atoms with Crippen molar-refractivity contribution < 1.29 is 13.2 Å². The number of hydrogen-bond acceptors (Lipinski definition) is 3. The zero-order chi connectivity index (χ0) is 16.6. The van der Waals surface area contributed by atoms with Crippen molar-refractivity contribution in [2.24, 2.45) is 7.05 Å². The molecule has 0 spiro atoms. The number of benzene rings is 2. The normalized spacial score (nSPS) is 11.6. The van der Waals surface area contributed by atoms with Gasteiger partial charge in [0, 0.05) is 28.6 Å². The highest BCUT2D eigenvalue weighted by molar-refractivity contribution is 8.12. The van der Waals surface area contributed by atoms with Gasteiger partial charge in [-0.05, 0) is 11.6 Å². The lowest BCUT2D eigenvalue weighted by molar-refractivity contribution is 0.0984. The predicted octanol–water partition coefficient (Wildman–Crippen LogP) is 3.06. The lowest BCUT2D eigenvalue weighted by Gasteiger charge is -2.08. The Morgan fingerprint density at radius 2 is 1.65 bits per heavy atom. The van der Waals surface area contributed by atoms with E-state index >= 15 is 0 Å². The lowest BCUT2D eigenvalue weighted by atomic mass is 10.0. The van der Waals surface area contributed by atoms with Crippen LogP contribution in [0.15, 0.2) is 54.6 Å². The van der Waals surface area contributed by atoms with Crippen LogP contribution in [-0.4, -0.2) is 18.9 Å². The zero-order valence-electron chi connectivity index (χ0n) is 12.2. The molecule has 0 aliphatic heterocycles.